The van der Waals surface area contributed by atoms with Gasteiger partial charge in [0.2, 0.25) is 0 Å². The number of nitrogens with zero attached hydrogens (tertiary/aromatic N) is 2. The van der Waals surface area contributed by atoms with E-state index in [1.807, 2.05) is 0 Å². The summed E-state index contributed by atoms with van der Waals surface area (Å²) in [6.07, 6.45) is -11.0. The molecule has 2 aromatic carbocycles. The van der Waals surface area contributed by atoms with Crippen LogP contribution in [0.25, 0.3) is 0 Å². The van der Waals surface area contributed by atoms with E-state index in [0.717, 1.165) is 4.90 Å². The number of urea groups is 1. The molecule has 1 saturated heterocycles. The molecule has 3 atom stereocenters. The highest BCUT2D eigenvalue weighted by atomic mass is 19.4. The van der Waals surface area contributed by atoms with Crippen molar-refractivity contribution in [2.24, 2.45) is 5.92 Å². The van der Waals surface area contributed by atoms with Crippen molar-refractivity contribution in [3.63, 3.8) is 0 Å². The van der Waals surface area contributed by atoms with Crippen LogP contribution in [-0.2, 0) is 23.7 Å². The van der Waals surface area contributed by atoms with Gasteiger partial charge < -0.3 is 14.9 Å². The van der Waals surface area contributed by atoms with Crippen LogP contribution in [-0.4, -0.2) is 46.4 Å². The van der Waals surface area contributed by atoms with E-state index in [1.165, 1.54) is 37.1 Å². The van der Waals surface area contributed by atoms with Crippen LogP contribution >= 0.6 is 0 Å². The number of likely N-dealkylation sites (tertiary alicyclic amines) is 1. The van der Waals surface area contributed by atoms with E-state index in [0.29, 0.717) is 23.3 Å². The maximum Gasteiger partial charge on any atom is 0.416 e. The summed E-state index contributed by atoms with van der Waals surface area (Å²) in [5, 5.41) is 9.76. The normalized spacial score (nSPS) is 19.3. The second-order valence-corrected chi connectivity index (χ2v) is 9.56. The minimum absolute atomic E-state index is 0.0165. The Hall–Kier alpha value is -3.15. The van der Waals surface area contributed by atoms with Gasteiger partial charge in [0, 0.05) is 26.1 Å². The molecule has 0 aliphatic carbocycles. The summed E-state index contributed by atoms with van der Waals surface area (Å²) in [4.78, 5) is 28.3. The Morgan fingerprint density at radius 3 is 2.13 bits per heavy atom. The van der Waals surface area contributed by atoms with E-state index in [4.69, 9.17) is 0 Å². The first-order chi connectivity index (χ1) is 17.5. The van der Waals surface area contributed by atoms with Gasteiger partial charge in [-0.25, -0.2) is 9.18 Å². The van der Waals surface area contributed by atoms with Crippen molar-refractivity contribution < 1.29 is 45.4 Å². The van der Waals surface area contributed by atoms with Crippen molar-refractivity contribution in [1.29, 1.82) is 0 Å². The number of hydrogen-bond acceptors (Lipinski definition) is 3. The van der Waals surface area contributed by atoms with Gasteiger partial charge in [-0.05, 0) is 73.7 Å². The van der Waals surface area contributed by atoms with Gasteiger partial charge in [0.15, 0.2) is 5.78 Å². The van der Waals surface area contributed by atoms with E-state index < -0.39 is 65.7 Å². The number of ketones is 1. The molecular formula is C26H27F7N2O3. The van der Waals surface area contributed by atoms with Crippen molar-refractivity contribution >= 4 is 11.8 Å². The lowest BCUT2D eigenvalue weighted by atomic mass is 9.82. The first-order valence-corrected chi connectivity index (χ1v) is 11.8. The average molecular weight is 548 g/mol. The molecule has 0 bridgehead atoms. The second-order valence-electron chi connectivity index (χ2n) is 9.56. The van der Waals surface area contributed by atoms with Crippen molar-refractivity contribution in [3.05, 3.63) is 70.0 Å². The Kier molecular flexibility index (Phi) is 8.45. The monoisotopic (exact) mass is 548 g/mol. The molecule has 1 heterocycles. The van der Waals surface area contributed by atoms with Gasteiger partial charge in [-0.2, -0.15) is 26.3 Å². The fourth-order valence-electron chi connectivity index (χ4n) is 4.77. The highest BCUT2D eigenvalue weighted by Gasteiger charge is 2.39. The summed E-state index contributed by atoms with van der Waals surface area (Å²) in [6.45, 7) is 2.43. The maximum atomic E-state index is 13.7. The largest absolute Gasteiger partial charge is 0.416 e. The molecular weight excluding hydrogens is 521 g/mol. The molecule has 5 nitrogen and oxygen atoms in total. The van der Waals surface area contributed by atoms with Gasteiger partial charge in [0.1, 0.15) is 11.9 Å². The molecule has 1 fully saturated rings. The Morgan fingerprint density at radius 1 is 1.05 bits per heavy atom. The van der Waals surface area contributed by atoms with Crippen LogP contribution in [0.1, 0.15) is 53.6 Å². The summed E-state index contributed by atoms with van der Waals surface area (Å²) in [5.74, 6) is -1.53. The van der Waals surface area contributed by atoms with E-state index in [-0.39, 0.29) is 31.0 Å². The SMILES string of the molecule is Cc1cc(F)ccc1[C@H]1C[C@@H](C(=O)[C@@H](C)O)CCN1C(=O)N(C)Cc1cc(C(F)(F)F)cc(C(F)(F)F)c1. The smallest absolute Gasteiger partial charge is 0.386 e. The number of aliphatic hydroxyl groups excluding tert-OH is 1. The van der Waals surface area contributed by atoms with Crippen LogP contribution in [0.2, 0.25) is 0 Å². The minimum atomic E-state index is -5.03. The molecule has 0 unspecified atom stereocenters. The third-order valence-corrected chi connectivity index (χ3v) is 6.65. The van der Waals surface area contributed by atoms with Gasteiger partial charge in [-0.15, -0.1) is 0 Å². The Morgan fingerprint density at radius 2 is 1.63 bits per heavy atom. The first kappa shape index (κ1) is 29.4. The summed E-state index contributed by atoms with van der Waals surface area (Å²) in [7, 11) is 1.25. The molecule has 0 saturated carbocycles. The molecule has 0 radical (unpaired) electrons. The molecule has 1 aliphatic heterocycles. The topological polar surface area (TPSA) is 60.9 Å². The Bertz CT molecular complexity index is 1160. The quantitative estimate of drug-likeness (QED) is 0.458. The number of rotatable bonds is 5. The maximum absolute atomic E-state index is 13.7. The van der Waals surface area contributed by atoms with Gasteiger partial charge in [0.05, 0.1) is 17.2 Å². The second kappa shape index (κ2) is 10.9. The number of carbonyl (C=O) groups is 2. The van der Waals surface area contributed by atoms with Crippen LogP contribution in [0.15, 0.2) is 36.4 Å². The fourth-order valence-corrected chi connectivity index (χ4v) is 4.77. The minimum Gasteiger partial charge on any atom is -0.386 e. The highest BCUT2D eigenvalue weighted by molar-refractivity contribution is 5.85. The number of piperidine rings is 1. The molecule has 2 aromatic rings. The number of aliphatic hydroxyl groups is 1. The number of benzene rings is 2. The van der Waals surface area contributed by atoms with Crippen LogP contribution in [0.3, 0.4) is 0 Å². The zero-order valence-corrected chi connectivity index (χ0v) is 20.8. The number of halogens is 7. The van der Waals surface area contributed by atoms with E-state index >= 15 is 0 Å². The van der Waals surface area contributed by atoms with Crippen molar-refractivity contribution in [1.82, 2.24) is 9.80 Å². The van der Waals surface area contributed by atoms with E-state index in [9.17, 15) is 45.4 Å². The zero-order valence-electron chi connectivity index (χ0n) is 20.8. The molecule has 2 amide bonds. The van der Waals surface area contributed by atoms with Crippen molar-refractivity contribution in [3.8, 4) is 0 Å². The molecule has 12 heteroatoms. The van der Waals surface area contributed by atoms with Crippen molar-refractivity contribution in [2.75, 3.05) is 13.6 Å². The lowest BCUT2D eigenvalue weighted by molar-refractivity contribution is -0.143. The summed E-state index contributed by atoms with van der Waals surface area (Å²) < 4.78 is 93.3. The lowest BCUT2D eigenvalue weighted by Crippen LogP contribution is -2.48. The summed E-state index contributed by atoms with van der Waals surface area (Å²) in [5.41, 5.74) is -2.31. The first-order valence-electron chi connectivity index (χ1n) is 11.8. The van der Waals surface area contributed by atoms with Gasteiger partial charge in [-0.1, -0.05) is 6.07 Å². The van der Waals surface area contributed by atoms with Gasteiger partial charge in [-0.3, -0.25) is 4.79 Å². The molecule has 3 rings (SSSR count). The summed E-state index contributed by atoms with van der Waals surface area (Å²) >= 11 is 0. The van der Waals surface area contributed by atoms with Crippen LogP contribution in [0.5, 0.6) is 0 Å². The third kappa shape index (κ3) is 6.64. The molecule has 0 aromatic heterocycles. The van der Waals surface area contributed by atoms with E-state index in [2.05, 4.69) is 0 Å². The Balaban J connectivity index is 1.93. The predicted octanol–water partition coefficient (Wildman–Crippen LogP) is 6.13. The number of amides is 2. The van der Waals surface area contributed by atoms with Crippen molar-refractivity contribution in [2.45, 2.75) is 57.7 Å². The molecule has 38 heavy (non-hydrogen) atoms. The average Bonchev–Trinajstić information content (AvgIpc) is 2.81. The number of hydrogen-bond donors (Lipinski definition) is 1. The Labute approximate surface area is 214 Å². The highest BCUT2D eigenvalue weighted by Crippen LogP contribution is 2.39. The van der Waals surface area contributed by atoms with Crippen LogP contribution < -0.4 is 0 Å². The fraction of sp³-hybridized carbons (Fsp3) is 0.462. The van der Waals surface area contributed by atoms with Crippen LogP contribution in [0.4, 0.5) is 35.5 Å². The van der Waals surface area contributed by atoms with Crippen LogP contribution in [0, 0.1) is 18.7 Å². The molecule has 1 aliphatic rings. The summed E-state index contributed by atoms with van der Waals surface area (Å²) in [6, 6.07) is 3.63. The number of carbonyl (C=O) groups excluding carboxylic acids is 2. The zero-order chi connectivity index (χ0) is 28.6. The van der Waals surface area contributed by atoms with Gasteiger partial charge in [0.25, 0.3) is 0 Å². The van der Waals surface area contributed by atoms with E-state index in [1.54, 1.807) is 6.92 Å². The third-order valence-electron chi connectivity index (χ3n) is 6.65. The molecule has 0 spiro atoms. The number of alkyl halides is 6. The lowest BCUT2D eigenvalue weighted by Gasteiger charge is -2.41. The standard InChI is InChI=1S/C26H27F7N2O3/c1-14-8-20(27)4-5-21(14)22-11-17(23(37)15(2)36)6-7-35(22)24(38)34(3)13-16-9-18(25(28,29)30)12-19(10-16)26(31,32)33/h4-5,8-10,12,15,17,22,36H,6-7,11,13H2,1-3H3/t15-,17+,22-/m1/s1. The van der Waals surface area contributed by atoms with Gasteiger partial charge >= 0.3 is 18.4 Å². The molecule has 1 N–H and O–H groups in total. The number of Topliss-reactive ketones (excluding diaryl/α,β-unsaturated/α-hetero) is 1. The molecule has 208 valence electrons. The number of aryl methyl sites for hydroxylation is 1. The predicted molar refractivity (Wildman–Crippen MR) is 123 cm³/mol.